The number of ketones is 1. The van der Waals surface area contributed by atoms with Gasteiger partial charge in [-0.1, -0.05) is 12.1 Å². The van der Waals surface area contributed by atoms with Crippen molar-refractivity contribution in [1.82, 2.24) is 4.31 Å². The normalized spacial score (nSPS) is 15.4. The number of allylic oxidation sites excluding steroid dienone is 1. The van der Waals surface area contributed by atoms with Gasteiger partial charge in [0.05, 0.1) is 10.6 Å². The number of likely N-dealkylation sites (N-methyl/N-ethyl adjacent to an activating group) is 1. The number of aliphatic hydroxyl groups is 1. The average molecular weight is 434 g/mol. The highest BCUT2D eigenvalue weighted by Crippen LogP contribution is 2.34. The van der Waals surface area contributed by atoms with Crippen molar-refractivity contribution in [2.24, 2.45) is 0 Å². The van der Waals surface area contributed by atoms with Gasteiger partial charge in [-0.05, 0) is 30.4 Å². The molecule has 0 saturated heterocycles. The number of hydrogen-bond donors (Lipinski definition) is 2. The molecule has 152 valence electrons. The minimum absolute atomic E-state index is 0.0600. The molecule has 3 rings (SSSR count). The molecule has 1 aliphatic rings. The van der Waals surface area contributed by atoms with Crippen LogP contribution in [0.25, 0.3) is 11.8 Å². The van der Waals surface area contributed by atoms with Gasteiger partial charge < -0.3 is 15.2 Å². The summed E-state index contributed by atoms with van der Waals surface area (Å²) in [5.41, 5.74) is 0.309. The molecular weight excluding hydrogens is 416 g/mol. The fourth-order valence-corrected chi connectivity index (χ4v) is 4.91. The molecule has 0 atom stereocenters. The van der Waals surface area contributed by atoms with Crippen LogP contribution in [-0.4, -0.2) is 50.3 Å². The summed E-state index contributed by atoms with van der Waals surface area (Å²) in [4.78, 5) is 24.8. The number of benzene rings is 1. The molecule has 2 heterocycles. The van der Waals surface area contributed by atoms with Crippen LogP contribution in [0.1, 0.15) is 10.4 Å². The SMILES string of the molecule is COCC(=O)Nc1csc(/C=C/C(=O)C2=C(O)c3ccccc3S(=O)(=O)N2C)c1. The fourth-order valence-electron chi connectivity index (χ4n) is 2.77. The first-order valence-electron chi connectivity index (χ1n) is 8.37. The predicted octanol–water partition coefficient (Wildman–Crippen LogP) is 2.48. The van der Waals surface area contributed by atoms with Crippen molar-refractivity contribution in [1.29, 1.82) is 0 Å². The summed E-state index contributed by atoms with van der Waals surface area (Å²) in [7, 11) is -1.31. The number of aliphatic hydroxyl groups excluding tert-OH is 1. The average Bonchev–Trinajstić information content (AvgIpc) is 3.12. The minimum atomic E-state index is -3.94. The van der Waals surface area contributed by atoms with Crippen molar-refractivity contribution in [2.75, 3.05) is 26.1 Å². The summed E-state index contributed by atoms with van der Waals surface area (Å²) in [5, 5.41) is 14.8. The zero-order valence-corrected chi connectivity index (χ0v) is 17.2. The quantitative estimate of drug-likeness (QED) is 0.676. The van der Waals surface area contributed by atoms with E-state index in [1.807, 2.05) is 0 Å². The van der Waals surface area contributed by atoms with Gasteiger partial charge in [-0.2, -0.15) is 0 Å². The van der Waals surface area contributed by atoms with Crippen LogP contribution in [0.5, 0.6) is 0 Å². The molecule has 0 saturated carbocycles. The number of fused-ring (bicyclic) bond motifs is 1. The highest BCUT2D eigenvalue weighted by Gasteiger charge is 2.36. The number of amides is 1. The molecule has 8 nitrogen and oxygen atoms in total. The molecule has 1 aromatic heterocycles. The molecule has 0 aliphatic carbocycles. The highest BCUT2D eigenvalue weighted by molar-refractivity contribution is 7.89. The Kier molecular flexibility index (Phi) is 5.87. The van der Waals surface area contributed by atoms with Crippen molar-refractivity contribution in [3.63, 3.8) is 0 Å². The minimum Gasteiger partial charge on any atom is -0.505 e. The Morgan fingerprint density at radius 1 is 1.31 bits per heavy atom. The van der Waals surface area contributed by atoms with E-state index in [9.17, 15) is 23.1 Å². The second-order valence-electron chi connectivity index (χ2n) is 6.08. The van der Waals surface area contributed by atoms with E-state index < -0.39 is 21.6 Å². The molecule has 10 heteroatoms. The summed E-state index contributed by atoms with van der Waals surface area (Å²) in [6.07, 6.45) is 2.67. The Balaban J connectivity index is 1.86. The molecule has 1 amide bonds. The number of thiophene rings is 1. The van der Waals surface area contributed by atoms with Gasteiger partial charge in [0, 0.05) is 30.0 Å². The highest BCUT2D eigenvalue weighted by atomic mass is 32.2. The fraction of sp³-hybridized carbons (Fsp3) is 0.158. The van der Waals surface area contributed by atoms with Crippen LogP contribution in [0.2, 0.25) is 0 Å². The van der Waals surface area contributed by atoms with E-state index in [0.717, 1.165) is 4.31 Å². The second kappa shape index (κ2) is 8.19. The summed E-state index contributed by atoms with van der Waals surface area (Å²) >= 11 is 1.28. The van der Waals surface area contributed by atoms with E-state index in [-0.39, 0.29) is 28.7 Å². The lowest BCUT2D eigenvalue weighted by atomic mass is 10.1. The molecule has 0 radical (unpaired) electrons. The third-order valence-corrected chi connectivity index (χ3v) is 6.84. The number of carbonyl (C=O) groups excluding carboxylic acids is 2. The first-order chi connectivity index (χ1) is 13.8. The van der Waals surface area contributed by atoms with Crippen LogP contribution < -0.4 is 5.32 Å². The number of rotatable bonds is 6. The first-order valence-corrected chi connectivity index (χ1v) is 10.7. The number of methoxy groups -OCH3 is 1. The molecule has 0 spiro atoms. The lowest BCUT2D eigenvalue weighted by molar-refractivity contribution is -0.119. The molecule has 1 aliphatic heterocycles. The smallest absolute Gasteiger partial charge is 0.265 e. The van der Waals surface area contributed by atoms with Crippen molar-refractivity contribution in [3.8, 4) is 0 Å². The Morgan fingerprint density at radius 3 is 2.76 bits per heavy atom. The van der Waals surface area contributed by atoms with E-state index in [0.29, 0.717) is 10.6 Å². The number of carbonyl (C=O) groups is 2. The molecule has 2 aromatic rings. The number of sulfonamides is 1. The van der Waals surface area contributed by atoms with Crippen molar-refractivity contribution >= 4 is 50.6 Å². The summed E-state index contributed by atoms with van der Waals surface area (Å²) in [6, 6.07) is 7.61. The zero-order chi connectivity index (χ0) is 21.2. The molecular formula is C19H18N2O6S2. The number of anilines is 1. The molecule has 0 fully saturated rings. The van der Waals surface area contributed by atoms with Crippen LogP contribution in [-0.2, 0) is 24.3 Å². The lowest BCUT2D eigenvalue weighted by Gasteiger charge is -2.27. The summed E-state index contributed by atoms with van der Waals surface area (Å²) < 4.78 is 30.8. The third kappa shape index (κ3) is 4.09. The Morgan fingerprint density at radius 2 is 2.03 bits per heavy atom. The molecule has 0 unspecified atom stereocenters. The predicted molar refractivity (Wildman–Crippen MR) is 110 cm³/mol. The number of hydrogen-bond acceptors (Lipinski definition) is 7. The van der Waals surface area contributed by atoms with Crippen LogP contribution >= 0.6 is 11.3 Å². The number of nitrogens with zero attached hydrogens (tertiary/aromatic N) is 1. The Bertz CT molecular complexity index is 1130. The molecule has 2 N–H and O–H groups in total. The van der Waals surface area contributed by atoms with Gasteiger partial charge in [-0.25, -0.2) is 8.42 Å². The van der Waals surface area contributed by atoms with Crippen molar-refractivity contribution in [3.05, 3.63) is 57.9 Å². The van der Waals surface area contributed by atoms with E-state index in [1.54, 1.807) is 23.6 Å². The van der Waals surface area contributed by atoms with E-state index in [4.69, 9.17) is 4.74 Å². The van der Waals surface area contributed by atoms with E-state index in [2.05, 4.69) is 5.32 Å². The second-order valence-corrected chi connectivity index (χ2v) is 8.96. The van der Waals surface area contributed by atoms with Crippen LogP contribution in [0.15, 0.2) is 52.4 Å². The van der Waals surface area contributed by atoms with Crippen LogP contribution in [0.3, 0.4) is 0 Å². The maximum Gasteiger partial charge on any atom is 0.265 e. The standard InChI is InChI=1S/C19H18N2O6S2/c1-21-18(19(24)14-5-3-4-6-16(14)29(21,25)26)15(22)8-7-13-9-12(11-28-13)20-17(23)10-27-2/h3-9,11,24H,10H2,1-2H3,(H,20,23)/b8-7+. The molecule has 1 aromatic carbocycles. The third-order valence-electron chi connectivity index (χ3n) is 4.13. The summed E-state index contributed by atoms with van der Waals surface area (Å²) in [5.74, 6) is -1.37. The van der Waals surface area contributed by atoms with Gasteiger partial charge in [-0.15, -0.1) is 11.3 Å². The zero-order valence-electron chi connectivity index (χ0n) is 15.6. The molecule has 29 heavy (non-hydrogen) atoms. The topological polar surface area (TPSA) is 113 Å². The summed E-state index contributed by atoms with van der Waals surface area (Å²) in [6.45, 7) is -0.0742. The van der Waals surface area contributed by atoms with Gasteiger partial charge >= 0.3 is 0 Å². The monoisotopic (exact) mass is 434 g/mol. The van der Waals surface area contributed by atoms with E-state index >= 15 is 0 Å². The maximum absolute atomic E-state index is 12.7. The first kappa shape index (κ1) is 20.8. The number of ether oxygens (including phenoxy) is 1. The molecule has 0 bridgehead atoms. The van der Waals surface area contributed by atoms with E-state index in [1.165, 1.54) is 49.8 Å². The van der Waals surface area contributed by atoms with Crippen molar-refractivity contribution in [2.45, 2.75) is 4.90 Å². The Hall–Kier alpha value is -2.95. The van der Waals surface area contributed by atoms with Gasteiger partial charge in [0.1, 0.15) is 12.3 Å². The van der Waals surface area contributed by atoms with Crippen LogP contribution in [0.4, 0.5) is 5.69 Å². The Labute approximate surface area is 171 Å². The largest absolute Gasteiger partial charge is 0.505 e. The lowest BCUT2D eigenvalue weighted by Crippen LogP contribution is -2.34. The number of nitrogens with one attached hydrogen (secondary N) is 1. The van der Waals surface area contributed by atoms with Gasteiger partial charge in [-0.3, -0.25) is 13.9 Å². The van der Waals surface area contributed by atoms with Gasteiger partial charge in [0.15, 0.2) is 5.76 Å². The maximum atomic E-state index is 12.7. The van der Waals surface area contributed by atoms with Gasteiger partial charge in [0.2, 0.25) is 11.7 Å². The van der Waals surface area contributed by atoms with Crippen molar-refractivity contribution < 1.29 is 27.9 Å². The van der Waals surface area contributed by atoms with Crippen LogP contribution in [0, 0.1) is 0 Å². The van der Waals surface area contributed by atoms with Gasteiger partial charge in [0.25, 0.3) is 10.0 Å².